The summed E-state index contributed by atoms with van der Waals surface area (Å²) in [5.41, 5.74) is 2.93. The average molecular weight is 570 g/mol. The third-order valence-corrected chi connectivity index (χ3v) is 6.84. The minimum atomic E-state index is -4.15. The van der Waals surface area contributed by atoms with Crippen LogP contribution in [0.15, 0.2) is 76.6 Å². The van der Waals surface area contributed by atoms with Crippen molar-refractivity contribution in [2.75, 3.05) is 6.54 Å². The number of nitrogens with zero attached hydrogens (tertiary/aromatic N) is 2. The number of carbonyl (C=O) groups excluding carboxylic acids is 1. The van der Waals surface area contributed by atoms with Crippen molar-refractivity contribution in [1.29, 1.82) is 0 Å². The largest absolute Gasteiger partial charge is 0.481 e. The summed E-state index contributed by atoms with van der Waals surface area (Å²) < 4.78 is 28.5. The summed E-state index contributed by atoms with van der Waals surface area (Å²) in [5.74, 6) is -7.71. The first-order chi connectivity index (χ1) is 18.5. The molecule has 0 fully saturated rings. The number of H-pyrrole nitrogens is 1. The van der Waals surface area contributed by atoms with Crippen molar-refractivity contribution in [3.05, 3.63) is 92.7 Å². The molecular weight excluding hydrogens is 551 g/mol. The van der Waals surface area contributed by atoms with Gasteiger partial charge in [0, 0.05) is 32.9 Å². The molecule has 3 aromatic carbocycles. The van der Waals surface area contributed by atoms with Crippen molar-refractivity contribution in [2.24, 2.45) is 5.10 Å². The van der Waals surface area contributed by atoms with Gasteiger partial charge in [-0.25, -0.2) is 5.01 Å². The van der Waals surface area contributed by atoms with Gasteiger partial charge in [0.05, 0.1) is 17.8 Å². The highest BCUT2D eigenvalue weighted by Crippen LogP contribution is 2.38. The number of carboxylic acids is 1. The molecule has 0 saturated carbocycles. The number of nitrogens with one attached hydrogen (secondary N) is 1. The van der Waals surface area contributed by atoms with Crippen molar-refractivity contribution in [2.45, 2.75) is 18.8 Å². The van der Waals surface area contributed by atoms with Crippen molar-refractivity contribution >= 4 is 51.7 Å². The second kappa shape index (κ2) is 10.2. The van der Waals surface area contributed by atoms with Crippen LogP contribution in [0.3, 0.4) is 0 Å². The number of hydrogen-bond acceptors (Lipinski definition) is 4. The van der Waals surface area contributed by atoms with Crippen LogP contribution in [0.2, 0.25) is 10.0 Å². The molecule has 0 spiro atoms. The number of halogens is 4. The fraction of sp³-hybridized carbons (Fsp3) is 0.143. The number of fused-ring (bicyclic) bond motifs is 1. The average Bonchev–Trinajstić information content (AvgIpc) is 3.37. The van der Waals surface area contributed by atoms with Crippen LogP contribution in [0.5, 0.6) is 0 Å². The van der Waals surface area contributed by atoms with Gasteiger partial charge >= 0.3 is 17.8 Å². The molecule has 0 aliphatic carbocycles. The fourth-order valence-corrected chi connectivity index (χ4v) is 4.89. The van der Waals surface area contributed by atoms with Gasteiger partial charge in [-0.3, -0.25) is 14.4 Å². The van der Waals surface area contributed by atoms with E-state index in [0.29, 0.717) is 37.1 Å². The third-order valence-electron chi connectivity index (χ3n) is 6.34. The summed E-state index contributed by atoms with van der Waals surface area (Å²) in [4.78, 5) is 39.6. The number of benzene rings is 3. The highest BCUT2D eigenvalue weighted by atomic mass is 35.5. The SMILES string of the molecule is O=C(O)CC(F)(F)C(=O)N1CCC(c2c(-c3ccc(Cl)cc3)c3c(-c4ccc(Cl)cc4)cccc3[nH]c2=O)=N1. The van der Waals surface area contributed by atoms with Gasteiger partial charge in [0.25, 0.3) is 5.56 Å². The van der Waals surface area contributed by atoms with E-state index in [9.17, 15) is 23.2 Å². The zero-order valence-corrected chi connectivity index (χ0v) is 21.6. The van der Waals surface area contributed by atoms with Gasteiger partial charge in [-0.15, -0.1) is 0 Å². The molecule has 7 nitrogen and oxygen atoms in total. The number of aromatic amines is 1. The predicted molar refractivity (Wildman–Crippen MR) is 146 cm³/mol. The van der Waals surface area contributed by atoms with E-state index in [0.717, 1.165) is 11.1 Å². The third kappa shape index (κ3) is 5.15. The molecule has 1 amide bonds. The summed E-state index contributed by atoms with van der Waals surface area (Å²) in [7, 11) is 0. The first-order valence-corrected chi connectivity index (χ1v) is 12.5. The van der Waals surface area contributed by atoms with E-state index in [2.05, 4.69) is 10.1 Å². The maximum Gasteiger partial charge on any atom is 0.336 e. The minimum Gasteiger partial charge on any atom is -0.481 e. The molecule has 0 saturated heterocycles. The Kier molecular flexibility index (Phi) is 6.96. The topological polar surface area (TPSA) is 103 Å². The number of aliphatic carboxylic acids is 1. The summed E-state index contributed by atoms with van der Waals surface area (Å²) in [6.45, 7) is -0.236. The monoisotopic (exact) mass is 569 g/mol. The van der Waals surface area contributed by atoms with E-state index in [4.69, 9.17) is 28.3 Å². The van der Waals surface area contributed by atoms with E-state index >= 15 is 0 Å². The molecule has 198 valence electrons. The molecule has 0 radical (unpaired) electrons. The number of hydrazone groups is 1. The molecule has 0 atom stereocenters. The molecule has 2 heterocycles. The summed E-state index contributed by atoms with van der Waals surface area (Å²) in [6.07, 6.45) is -1.66. The van der Waals surface area contributed by atoms with Crippen LogP contribution in [-0.2, 0) is 9.59 Å². The maximum atomic E-state index is 14.3. The molecule has 1 aromatic heterocycles. The number of aromatic nitrogens is 1. The van der Waals surface area contributed by atoms with Crippen molar-refractivity contribution in [3.8, 4) is 22.3 Å². The lowest BCUT2D eigenvalue weighted by Crippen LogP contribution is -2.41. The lowest BCUT2D eigenvalue weighted by atomic mass is 9.89. The summed E-state index contributed by atoms with van der Waals surface area (Å²) >= 11 is 12.2. The van der Waals surface area contributed by atoms with E-state index in [-0.39, 0.29) is 24.2 Å². The number of pyridine rings is 1. The molecule has 0 bridgehead atoms. The second-order valence-corrected chi connectivity index (χ2v) is 9.82. The molecule has 39 heavy (non-hydrogen) atoms. The van der Waals surface area contributed by atoms with E-state index in [1.54, 1.807) is 48.5 Å². The van der Waals surface area contributed by atoms with Gasteiger partial charge in [-0.1, -0.05) is 59.6 Å². The van der Waals surface area contributed by atoms with Gasteiger partial charge < -0.3 is 10.1 Å². The van der Waals surface area contributed by atoms with E-state index in [1.807, 2.05) is 18.2 Å². The van der Waals surface area contributed by atoms with Crippen LogP contribution < -0.4 is 5.56 Å². The van der Waals surface area contributed by atoms with Crippen molar-refractivity contribution in [3.63, 3.8) is 0 Å². The van der Waals surface area contributed by atoms with Crippen LogP contribution in [0.4, 0.5) is 8.78 Å². The Morgan fingerprint density at radius 3 is 2.18 bits per heavy atom. The Morgan fingerprint density at radius 2 is 1.56 bits per heavy atom. The zero-order chi connectivity index (χ0) is 27.9. The minimum absolute atomic E-state index is 0.00712. The standard InChI is InChI=1S/C28H19Cl2F2N3O4/c29-17-8-4-15(5-9-17)19-2-1-3-20-24(19)23(16-6-10-18(30)11-7-16)25(26(38)33-20)21-12-13-35(34-21)27(39)28(31,32)14-22(36)37/h1-11H,12-14H2,(H,33,38)(H,36,37). The van der Waals surface area contributed by atoms with Crippen LogP contribution in [0.25, 0.3) is 33.2 Å². The van der Waals surface area contributed by atoms with Crippen molar-refractivity contribution < 1.29 is 23.5 Å². The lowest BCUT2D eigenvalue weighted by Gasteiger charge is -2.18. The molecule has 0 unspecified atom stereocenters. The Morgan fingerprint density at radius 1 is 0.949 bits per heavy atom. The number of carboxylic acid groups (broad SMARTS) is 1. The first-order valence-electron chi connectivity index (χ1n) is 11.8. The summed E-state index contributed by atoms with van der Waals surface area (Å²) in [6, 6.07) is 19.4. The number of hydrogen-bond donors (Lipinski definition) is 2. The molecule has 4 aromatic rings. The zero-order valence-electron chi connectivity index (χ0n) is 20.1. The normalized spacial score (nSPS) is 13.5. The van der Waals surface area contributed by atoms with Gasteiger partial charge in [0.15, 0.2) is 0 Å². The Balaban J connectivity index is 1.75. The Labute approximate surface area is 230 Å². The van der Waals surface area contributed by atoms with E-state index in [1.165, 1.54) is 0 Å². The van der Waals surface area contributed by atoms with Crippen LogP contribution >= 0.6 is 23.2 Å². The molecule has 2 N–H and O–H groups in total. The number of carbonyl (C=O) groups is 2. The number of amides is 1. The Bertz CT molecular complexity index is 1700. The van der Waals surface area contributed by atoms with Gasteiger partial charge in [-0.05, 0) is 47.0 Å². The first kappa shape index (κ1) is 26.5. The quantitative estimate of drug-likeness (QED) is 0.288. The highest BCUT2D eigenvalue weighted by molar-refractivity contribution is 6.31. The Hall–Kier alpha value is -4.08. The van der Waals surface area contributed by atoms with Gasteiger partial charge in [0.2, 0.25) is 0 Å². The highest BCUT2D eigenvalue weighted by Gasteiger charge is 2.45. The number of rotatable bonds is 6. The lowest BCUT2D eigenvalue weighted by molar-refractivity contribution is -0.165. The fourth-order valence-electron chi connectivity index (χ4n) is 4.63. The van der Waals surface area contributed by atoms with Gasteiger partial charge in [0.1, 0.15) is 6.42 Å². The second-order valence-electron chi connectivity index (χ2n) is 8.95. The van der Waals surface area contributed by atoms with Gasteiger partial charge in [-0.2, -0.15) is 13.9 Å². The van der Waals surface area contributed by atoms with Crippen LogP contribution in [0, 0.1) is 0 Å². The van der Waals surface area contributed by atoms with Crippen LogP contribution in [-0.4, -0.2) is 45.2 Å². The van der Waals surface area contributed by atoms with Crippen LogP contribution in [0.1, 0.15) is 18.4 Å². The van der Waals surface area contributed by atoms with Crippen molar-refractivity contribution in [1.82, 2.24) is 9.99 Å². The number of alkyl halides is 2. The molecule has 5 rings (SSSR count). The van der Waals surface area contributed by atoms with E-state index < -0.39 is 29.8 Å². The molecule has 11 heteroatoms. The molecule has 1 aliphatic heterocycles. The molecule has 1 aliphatic rings. The summed E-state index contributed by atoms with van der Waals surface area (Å²) in [5, 5.41) is 15.1. The maximum absolute atomic E-state index is 14.3. The smallest absolute Gasteiger partial charge is 0.336 e. The molecular formula is C28H19Cl2F2N3O4. The predicted octanol–water partition coefficient (Wildman–Crippen LogP) is 6.22.